The SMILES string of the molecule is CSc1nc(N2CCCCC2)c2cnn(CCNC(=O)/C=C/c3ccccc3Cl)c2n1. The summed E-state index contributed by atoms with van der Waals surface area (Å²) >= 11 is 7.65. The van der Waals surface area contributed by atoms with Crippen molar-refractivity contribution in [2.24, 2.45) is 0 Å². The molecule has 0 unspecified atom stereocenters. The van der Waals surface area contributed by atoms with Gasteiger partial charge >= 0.3 is 0 Å². The van der Waals surface area contributed by atoms with Crippen LogP contribution in [0.1, 0.15) is 24.8 Å². The summed E-state index contributed by atoms with van der Waals surface area (Å²) in [4.78, 5) is 23.9. The molecule has 3 heterocycles. The maximum atomic E-state index is 12.2. The molecule has 0 spiro atoms. The van der Waals surface area contributed by atoms with E-state index in [1.807, 2.05) is 35.3 Å². The first-order valence-electron chi connectivity index (χ1n) is 10.4. The van der Waals surface area contributed by atoms with Gasteiger partial charge in [-0.05, 0) is 43.2 Å². The number of nitrogens with one attached hydrogen (secondary N) is 1. The molecule has 0 bridgehead atoms. The number of anilines is 1. The number of carbonyl (C=O) groups is 1. The number of hydrogen-bond donors (Lipinski definition) is 1. The molecule has 162 valence electrons. The molecule has 1 fully saturated rings. The number of carbonyl (C=O) groups excluding carboxylic acids is 1. The highest BCUT2D eigenvalue weighted by atomic mass is 35.5. The molecule has 7 nitrogen and oxygen atoms in total. The fourth-order valence-electron chi connectivity index (χ4n) is 3.64. The van der Waals surface area contributed by atoms with Crippen LogP contribution >= 0.6 is 23.4 Å². The van der Waals surface area contributed by atoms with Crippen LogP contribution in [0.2, 0.25) is 5.02 Å². The first-order chi connectivity index (χ1) is 15.2. The van der Waals surface area contributed by atoms with E-state index in [1.54, 1.807) is 12.1 Å². The van der Waals surface area contributed by atoms with E-state index in [9.17, 15) is 4.79 Å². The van der Waals surface area contributed by atoms with Gasteiger partial charge < -0.3 is 10.2 Å². The number of thioether (sulfide) groups is 1. The van der Waals surface area contributed by atoms with Crippen molar-refractivity contribution in [3.63, 3.8) is 0 Å². The lowest BCUT2D eigenvalue weighted by molar-refractivity contribution is -0.116. The second-order valence-electron chi connectivity index (χ2n) is 7.33. The van der Waals surface area contributed by atoms with Crippen molar-refractivity contribution in [3.05, 3.63) is 47.1 Å². The quantitative estimate of drug-likeness (QED) is 0.329. The van der Waals surface area contributed by atoms with Crippen LogP contribution < -0.4 is 10.2 Å². The van der Waals surface area contributed by atoms with Gasteiger partial charge in [0.2, 0.25) is 5.91 Å². The Morgan fingerprint density at radius 3 is 2.81 bits per heavy atom. The standard InChI is InChI=1S/C22H25ClN6OS/c1-31-22-26-20(28-12-5-2-6-13-28)17-15-25-29(21(17)27-22)14-11-24-19(30)10-9-16-7-3-4-8-18(16)23/h3-4,7-10,15H,2,5-6,11-14H2,1H3,(H,24,30)/b10-9+. The van der Waals surface area contributed by atoms with Crippen LogP contribution in [-0.4, -0.2) is 51.5 Å². The number of benzene rings is 1. The summed E-state index contributed by atoms with van der Waals surface area (Å²) in [5.74, 6) is 0.789. The van der Waals surface area contributed by atoms with Crippen molar-refractivity contribution >= 4 is 52.2 Å². The molecule has 2 aromatic heterocycles. The van der Waals surface area contributed by atoms with Crippen LogP contribution in [0.5, 0.6) is 0 Å². The highest BCUT2D eigenvalue weighted by molar-refractivity contribution is 7.98. The van der Waals surface area contributed by atoms with Gasteiger partial charge in [0.1, 0.15) is 5.82 Å². The second kappa shape index (κ2) is 10.2. The number of nitrogens with zero attached hydrogens (tertiary/aromatic N) is 5. The second-order valence-corrected chi connectivity index (χ2v) is 8.51. The zero-order valence-electron chi connectivity index (χ0n) is 17.4. The molecule has 4 rings (SSSR count). The number of piperidine rings is 1. The molecule has 0 radical (unpaired) electrons. The average Bonchev–Trinajstić information content (AvgIpc) is 3.21. The molecule has 0 atom stereocenters. The molecular formula is C22H25ClN6OS. The fourth-order valence-corrected chi connectivity index (χ4v) is 4.20. The molecule has 1 aliphatic rings. The number of fused-ring (bicyclic) bond motifs is 1. The van der Waals surface area contributed by atoms with Crippen molar-refractivity contribution < 1.29 is 4.79 Å². The molecule has 3 aromatic rings. The zero-order valence-corrected chi connectivity index (χ0v) is 19.0. The Morgan fingerprint density at radius 2 is 2.03 bits per heavy atom. The van der Waals surface area contributed by atoms with Crippen LogP contribution in [-0.2, 0) is 11.3 Å². The van der Waals surface area contributed by atoms with E-state index in [1.165, 1.54) is 37.1 Å². The molecule has 0 aliphatic carbocycles. The van der Waals surface area contributed by atoms with E-state index in [0.29, 0.717) is 18.1 Å². The van der Waals surface area contributed by atoms with Gasteiger partial charge in [0.15, 0.2) is 10.8 Å². The summed E-state index contributed by atoms with van der Waals surface area (Å²) in [5, 5.41) is 9.73. The van der Waals surface area contributed by atoms with Crippen LogP contribution in [0.15, 0.2) is 41.7 Å². The third kappa shape index (κ3) is 5.19. The predicted octanol–water partition coefficient (Wildman–Crippen LogP) is 4.02. The Bertz CT molecular complexity index is 1090. The lowest BCUT2D eigenvalue weighted by Crippen LogP contribution is -2.30. The fraction of sp³-hybridized carbons (Fsp3) is 0.364. The van der Waals surface area contributed by atoms with Gasteiger partial charge in [0.05, 0.1) is 18.1 Å². The number of rotatable bonds is 7. The van der Waals surface area contributed by atoms with Crippen molar-refractivity contribution in [2.45, 2.75) is 31.0 Å². The van der Waals surface area contributed by atoms with Crippen molar-refractivity contribution in [1.82, 2.24) is 25.1 Å². The molecule has 1 saturated heterocycles. The van der Waals surface area contributed by atoms with Crippen LogP contribution in [0.25, 0.3) is 17.1 Å². The van der Waals surface area contributed by atoms with Gasteiger partial charge in [0.25, 0.3) is 0 Å². The van der Waals surface area contributed by atoms with Gasteiger partial charge in [-0.25, -0.2) is 14.6 Å². The van der Waals surface area contributed by atoms with E-state index in [2.05, 4.69) is 20.3 Å². The molecule has 9 heteroatoms. The average molecular weight is 457 g/mol. The minimum Gasteiger partial charge on any atom is -0.356 e. The molecule has 1 amide bonds. The number of hydrogen-bond acceptors (Lipinski definition) is 6. The lowest BCUT2D eigenvalue weighted by atomic mass is 10.1. The van der Waals surface area contributed by atoms with E-state index in [0.717, 1.165) is 40.7 Å². The smallest absolute Gasteiger partial charge is 0.244 e. The summed E-state index contributed by atoms with van der Waals surface area (Å²) in [5.41, 5.74) is 1.62. The monoisotopic (exact) mass is 456 g/mol. The van der Waals surface area contributed by atoms with Crippen LogP contribution in [0, 0.1) is 0 Å². The number of aromatic nitrogens is 4. The van der Waals surface area contributed by atoms with Crippen molar-refractivity contribution in [1.29, 1.82) is 0 Å². The maximum absolute atomic E-state index is 12.2. The van der Waals surface area contributed by atoms with E-state index in [4.69, 9.17) is 16.6 Å². The molecular weight excluding hydrogens is 432 g/mol. The van der Waals surface area contributed by atoms with E-state index < -0.39 is 0 Å². The largest absolute Gasteiger partial charge is 0.356 e. The van der Waals surface area contributed by atoms with E-state index in [-0.39, 0.29) is 5.91 Å². The van der Waals surface area contributed by atoms with Gasteiger partial charge in [0, 0.05) is 30.7 Å². The summed E-state index contributed by atoms with van der Waals surface area (Å²) in [6.45, 7) is 3.00. The summed E-state index contributed by atoms with van der Waals surface area (Å²) in [6, 6.07) is 7.40. The van der Waals surface area contributed by atoms with Gasteiger partial charge in [-0.2, -0.15) is 5.10 Å². The summed E-state index contributed by atoms with van der Waals surface area (Å²) < 4.78 is 1.84. The maximum Gasteiger partial charge on any atom is 0.244 e. The first-order valence-corrected chi connectivity index (χ1v) is 12.0. The van der Waals surface area contributed by atoms with Gasteiger partial charge in [-0.15, -0.1) is 0 Å². The molecule has 1 N–H and O–H groups in total. The Hall–Kier alpha value is -2.58. The minimum absolute atomic E-state index is 0.176. The Kier molecular flexibility index (Phi) is 7.09. The Labute approximate surface area is 190 Å². The Morgan fingerprint density at radius 1 is 1.23 bits per heavy atom. The molecule has 0 saturated carbocycles. The lowest BCUT2D eigenvalue weighted by Gasteiger charge is -2.28. The van der Waals surface area contributed by atoms with E-state index >= 15 is 0 Å². The van der Waals surface area contributed by atoms with Crippen LogP contribution in [0.3, 0.4) is 0 Å². The van der Waals surface area contributed by atoms with Crippen molar-refractivity contribution in [3.8, 4) is 0 Å². The number of halogens is 1. The summed E-state index contributed by atoms with van der Waals surface area (Å²) in [6.07, 6.45) is 10.7. The zero-order chi connectivity index (χ0) is 21.6. The highest BCUT2D eigenvalue weighted by Gasteiger charge is 2.19. The minimum atomic E-state index is -0.176. The topological polar surface area (TPSA) is 75.9 Å². The first kappa shape index (κ1) is 21.6. The van der Waals surface area contributed by atoms with Crippen molar-refractivity contribution in [2.75, 3.05) is 30.8 Å². The molecule has 31 heavy (non-hydrogen) atoms. The highest BCUT2D eigenvalue weighted by Crippen LogP contribution is 2.28. The number of amides is 1. The normalized spacial score (nSPS) is 14.5. The third-order valence-corrected chi connectivity index (χ3v) is 6.13. The predicted molar refractivity (Wildman–Crippen MR) is 127 cm³/mol. The third-order valence-electron chi connectivity index (χ3n) is 5.24. The van der Waals surface area contributed by atoms with Crippen LogP contribution in [0.4, 0.5) is 5.82 Å². The molecule has 1 aromatic carbocycles. The van der Waals surface area contributed by atoms with Gasteiger partial charge in [-0.3, -0.25) is 4.79 Å². The summed E-state index contributed by atoms with van der Waals surface area (Å²) in [7, 11) is 0. The van der Waals surface area contributed by atoms with Gasteiger partial charge in [-0.1, -0.05) is 41.6 Å². The Balaban J connectivity index is 1.44. The molecule has 1 aliphatic heterocycles.